The number of rotatable bonds is 4. The van der Waals surface area contributed by atoms with Crippen LogP contribution >= 0.6 is 0 Å². The third-order valence-corrected chi connectivity index (χ3v) is 5.22. The number of aromatic carboxylic acids is 1. The van der Waals surface area contributed by atoms with Gasteiger partial charge in [0.2, 0.25) is 11.8 Å². The van der Waals surface area contributed by atoms with E-state index in [1.807, 2.05) is 0 Å². The Kier molecular flexibility index (Phi) is 4.28. The molecular formula is C18H16F3N3O4. The lowest BCUT2D eigenvalue weighted by molar-refractivity contribution is -0.118. The van der Waals surface area contributed by atoms with Crippen LogP contribution in [-0.4, -0.2) is 53.1 Å². The quantitative estimate of drug-likeness (QED) is 0.630. The molecule has 1 saturated heterocycles. The van der Waals surface area contributed by atoms with Gasteiger partial charge in [0.1, 0.15) is 11.3 Å². The summed E-state index contributed by atoms with van der Waals surface area (Å²) < 4.78 is 46.3. The summed E-state index contributed by atoms with van der Waals surface area (Å²) in [7, 11) is 0. The lowest BCUT2D eigenvalue weighted by Gasteiger charge is -2.34. The summed E-state index contributed by atoms with van der Waals surface area (Å²) in [5, 5.41) is 8.33. The molecule has 2 aromatic rings. The number of pyridine rings is 1. The van der Waals surface area contributed by atoms with Gasteiger partial charge in [0.05, 0.1) is 10.9 Å². The lowest BCUT2D eigenvalue weighted by atomic mass is 10.1. The first-order chi connectivity index (χ1) is 13.3. The zero-order valence-electron chi connectivity index (χ0n) is 14.6. The minimum Gasteiger partial charge on any atom is -0.477 e. The molecule has 1 aromatic carbocycles. The molecule has 1 aliphatic heterocycles. The fourth-order valence-corrected chi connectivity index (χ4v) is 3.60. The van der Waals surface area contributed by atoms with Gasteiger partial charge < -0.3 is 19.5 Å². The highest BCUT2D eigenvalue weighted by Gasteiger charge is 2.34. The van der Waals surface area contributed by atoms with Crippen LogP contribution in [0.4, 0.5) is 18.9 Å². The molecule has 4 rings (SSSR count). The van der Waals surface area contributed by atoms with Crippen LogP contribution in [0.3, 0.4) is 0 Å². The molecule has 1 aliphatic carbocycles. The minimum atomic E-state index is -1.59. The van der Waals surface area contributed by atoms with Crippen molar-refractivity contribution in [3.05, 3.63) is 39.4 Å². The molecule has 10 heteroatoms. The number of aromatic nitrogens is 1. The number of carbonyl (C=O) groups excluding carboxylic acids is 1. The van der Waals surface area contributed by atoms with Crippen molar-refractivity contribution in [3.8, 4) is 0 Å². The molecule has 0 bridgehead atoms. The molecule has 1 saturated carbocycles. The Morgan fingerprint density at radius 1 is 1.07 bits per heavy atom. The van der Waals surface area contributed by atoms with Crippen molar-refractivity contribution >= 4 is 29.0 Å². The summed E-state index contributed by atoms with van der Waals surface area (Å²) in [4.78, 5) is 37.3. The van der Waals surface area contributed by atoms with Crippen LogP contribution < -0.4 is 10.3 Å². The maximum Gasteiger partial charge on any atom is 0.341 e. The van der Waals surface area contributed by atoms with Crippen molar-refractivity contribution in [1.82, 2.24) is 9.47 Å². The van der Waals surface area contributed by atoms with Gasteiger partial charge in [-0.3, -0.25) is 9.59 Å². The SMILES string of the molecule is O=CN1CCN(c2c(F)c(F)c3c(=O)c(C(=O)O)cn(C4CC4)c3c2F)CC1. The fourth-order valence-electron chi connectivity index (χ4n) is 3.60. The number of carboxylic acids is 1. The second-order valence-electron chi connectivity index (χ2n) is 6.96. The van der Waals surface area contributed by atoms with Crippen molar-refractivity contribution < 1.29 is 27.9 Å². The first-order valence-corrected chi connectivity index (χ1v) is 8.78. The van der Waals surface area contributed by atoms with Crippen LogP contribution in [0.25, 0.3) is 10.9 Å². The Bertz CT molecular complexity index is 1060. The van der Waals surface area contributed by atoms with Crippen LogP contribution in [0.2, 0.25) is 0 Å². The average molecular weight is 395 g/mol. The first kappa shape index (κ1) is 18.3. The number of nitrogens with zero attached hydrogens (tertiary/aromatic N) is 3. The molecule has 7 nitrogen and oxygen atoms in total. The normalized spacial score (nSPS) is 17.2. The van der Waals surface area contributed by atoms with Gasteiger partial charge >= 0.3 is 5.97 Å². The molecule has 1 N–H and O–H groups in total. The smallest absolute Gasteiger partial charge is 0.341 e. The second-order valence-corrected chi connectivity index (χ2v) is 6.96. The van der Waals surface area contributed by atoms with Gasteiger partial charge in [-0.15, -0.1) is 0 Å². The van der Waals surface area contributed by atoms with Gasteiger partial charge in [0, 0.05) is 38.4 Å². The number of anilines is 1. The molecule has 0 radical (unpaired) electrons. The Balaban J connectivity index is 1.98. The molecule has 0 unspecified atom stereocenters. The van der Waals surface area contributed by atoms with Crippen LogP contribution in [0.1, 0.15) is 29.2 Å². The number of fused-ring (bicyclic) bond motifs is 1. The van der Waals surface area contributed by atoms with Gasteiger partial charge in [0.25, 0.3) is 0 Å². The summed E-state index contributed by atoms with van der Waals surface area (Å²) in [5.41, 5.74) is -3.02. The Morgan fingerprint density at radius 2 is 1.71 bits per heavy atom. The highest BCUT2D eigenvalue weighted by molar-refractivity contribution is 5.94. The van der Waals surface area contributed by atoms with Crippen LogP contribution in [-0.2, 0) is 4.79 Å². The van der Waals surface area contributed by atoms with E-state index in [4.69, 9.17) is 0 Å². The zero-order valence-corrected chi connectivity index (χ0v) is 14.6. The van der Waals surface area contributed by atoms with Gasteiger partial charge in [-0.1, -0.05) is 0 Å². The summed E-state index contributed by atoms with van der Waals surface area (Å²) in [6.07, 6.45) is 2.86. The maximum absolute atomic E-state index is 15.4. The monoisotopic (exact) mass is 395 g/mol. The van der Waals surface area contributed by atoms with E-state index in [2.05, 4.69) is 0 Å². The molecular weight excluding hydrogens is 379 g/mol. The maximum atomic E-state index is 15.4. The van der Waals surface area contributed by atoms with E-state index in [9.17, 15) is 28.3 Å². The van der Waals surface area contributed by atoms with E-state index >= 15 is 4.39 Å². The summed E-state index contributed by atoms with van der Waals surface area (Å²) in [5.74, 6) is -5.79. The summed E-state index contributed by atoms with van der Waals surface area (Å²) >= 11 is 0. The fraction of sp³-hybridized carbons (Fsp3) is 0.389. The Morgan fingerprint density at radius 3 is 2.25 bits per heavy atom. The molecule has 28 heavy (non-hydrogen) atoms. The molecule has 2 fully saturated rings. The van der Waals surface area contributed by atoms with Crippen molar-refractivity contribution in [2.75, 3.05) is 31.1 Å². The highest BCUT2D eigenvalue weighted by Crippen LogP contribution is 2.40. The van der Waals surface area contributed by atoms with Crippen molar-refractivity contribution in [1.29, 1.82) is 0 Å². The Labute approximate surface area is 156 Å². The average Bonchev–Trinajstić information content (AvgIpc) is 3.51. The summed E-state index contributed by atoms with van der Waals surface area (Å²) in [6, 6.07) is -0.277. The standard InChI is InChI=1S/C18H16F3N3O4/c19-12-11-15(24(9-1-2-9)7-10(17(11)26)18(27)28)14(21)16(13(12)20)23-5-3-22(8-25)4-6-23/h7-9H,1-6H2,(H,27,28). The molecule has 0 spiro atoms. The molecule has 0 atom stereocenters. The number of piperazine rings is 1. The van der Waals surface area contributed by atoms with Gasteiger partial charge in [0.15, 0.2) is 17.5 Å². The molecule has 1 aromatic heterocycles. The number of hydrogen-bond donors (Lipinski definition) is 1. The third kappa shape index (κ3) is 2.71. The predicted octanol–water partition coefficient (Wildman–Crippen LogP) is 1.73. The number of halogens is 3. The first-order valence-electron chi connectivity index (χ1n) is 8.78. The van der Waals surface area contributed by atoms with E-state index < -0.39 is 51.0 Å². The van der Waals surface area contributed by atoms with E-state index in [-0.39, 0.29) is 32.2 Å². The molecule has 2 aliphatic rings. The van der Waals surface area contributed by atoms with E-state index in [1.165, 1.54) is 14.4 Å². The number of amides is 1. The van der Waals surface area contributed by atoms with Crippen LogP contribution in [0.15, 0.2) is 11.0 Å². The second kappa shape index (κ2) is 6.54. The third-order valence-electron chi connectivity index (χ3n) is 5.22. The highest BCUT2D eigenvalue weighted by atomic mass is 19.2. The molecule has 1 amide bonds. The van der Waals surface area contributed by atoms with E-state index in [0.29, 0.717) is 19.3 Å². The predicted molar refractivity (Wildman–Crippen MR) is 93.2 cm³/mol. The van der Waals surface area contributed by atoms with Crippen molar-refractivity contribution in [3.63, 3.8) is 0 Å². The van der Waals surface area contributed by atoms with Crippen molar-refractivity contribution in [2.45, 2.75) is 18.9 Å². The van der Waals surface area contributed by atoms with Crippen LogP contribution in [0, 0.1) is 17.5 Å². The minimum absolute atomic E-state index is 0.0956. The number of hydrogen-bond acceptors (Lipinski definition) is 4. The lowest BCUT2D eigenvalue weighted by Crippen LogP contribution is -2.46. The van der Waals surface area contributed by atoms with E-state index in [1.54, 1.807) is 0 Å². The topological polar surface area (TPSA) is 82.8 Å². The van der Waals surface area contributed by atoms with Gasteiger partial charge in [-0.2, -0.15) is 0 Å². The molecule has 2 heterocycles. The van der Waals surface area contributed by atoms with Crippen molar-refractivity contribution in [2.24, 2.45) is 0 Å². The van der Waals surface area contributed by atoms with Gasteiger partial charge in [-0.05, 0) is 12.8 Å². The number of carboxylic acid groups (broad SMARTS) is 1. The number of benzene rings is 1. The van der Waals surface area contributed by atoms with E-state index in [0.717, 1.165) is 6.20 Å². The largest absolute Gasteiger partial charge is 0.477 e. The molecule has 148 valence electrons. The summed E-state index contributed by atoms with van der Waals surface area (Å²) in [6.45, 7) is 0.627. The van der Waals surface area contributed by atoms with Crippen LogP contribution in [0.5, 0.6) is 0 Å². The Hall–Kier alpha value is -3.04. The number of carbonyl (C=O) groups is 2. The zero-order chi connectivity index (χ0) is 20.2. The van der Waals surface area contributed by atoms with Gasteiger partial charge in [-0.25, -0.2) is 18.0 Å².